The lowest BCUT2D eigenvalue weighted by atomic mass is 10.2. The molecule has 0 bridgehead atoms. The largest absolute Gasteiger partial charge is 0.497 e. The van der Waals surface area contributed by atoms with Crippen molar-refractivity contribution in [3.05, 3.63) is 101 Å². The van der Waals surface area contributed by atoms with Gasteiger partial charge in [-0.05, 0) is 42.5 Å². The van der Waals surface area contributed by atoms with E-state index in [4.69, 9.17) is 9.15 Å². The van der Waals surface area contributed by atoms with Crippen molar-refractivity contribution < 1.29 is 13.9 Å². The summed E-state index contributed by atoms with van der Waals surface area (Å²) in [6.07, 6.45) is 0. The van der Waals surface area contributed by atoms with Crippen LogP contribution in [0, 0.1) is 0 Å². The molecule has 0 aliphatic carbocycles. The number of ether oxygens (including phenoxy) is 1. The minimum absolute atomic E-state index is 0.128. The molecule has 184 valence electrons. The molecule has 1 saturated heterocycles. The molecule has 1 aliphatic rings. The van der Waals surface area contributed by atoms with Crippen LogP contribution in [-0.4, -0.2) is 49.0 Å². The highest BCUT2D eigenvalue weighted by Gasteiger charge is 2.19. The molecule has 0 saturated carbocycles. The van der Waals surface area contributed by atoms with E-state index in [9.17, 15) is 9.59 Å². The van der Waals surface area contributed by atoms with Crippen molar-refractivity contribution in [1.82, 2.24) is 9.78 Å². The Bertz CT molecular complexity index is 1390. The van der Waals surface area contributed by atoms with Crippen LogP contribution in [-0.2, 0) is 6.54 Å². The predicted molar refractivity (Wildman–Crippen MR) is 138 cm³/mol. The van der Waals surface area contributed by atoms with Crippen LogP contribution in [0.5, 0.6) is 5.75 Å². The Morgan fingerprint density at radius 2 is 1.72 bits per heavy atom. The maximum absolute atomic E-state index is 12.6. The summed E-state index contributed by atoms with van der Waals surface area (Å²) in [5.74, 6) is 1.60. The van der Waals surface area contributed by atoms with Crippen LogP contribution in [0.2, 0.25) is 0 Å². The number of nitrogens with one attached hydrogen (secondary N) is 1. The molecule has 0 atom stereocenters. The van der Waals surface area contributed by atoms with Gasteiger partial charge in [-0.25, -0.2) is 4.68 Å². The lowest BCUT2D eigenvalue weighted by molar-refractivity contribution is 0.0994. The second kappa shape index (κ2) is 10.4. The van der Waals surface area contributed by atoms with Crippen LogP contribution in [0.15, 0.2) is 88.1 Å². The molecule has 2 aromatic carbocycles. The van der Waals surface area contributed by atoms with Gasteiger partial charge in [0.2, 0.25) is 0 Å². The number of carbonyl (C=O) groups is 1. The Morgan fingerprint density at radius 1 is 0.944 bits per heavy atom. The summed E-state index contributed by atoms with van der Waals surface area (Å²) in [5.41, 5.74) is 1.56. The number of hydrogen-bond acceptors (Lipinski definition) is 7. The maximum Gasteiger partial charge on any atom is 0.291 e. The van der Waals surface area contributed by atoms with Gasteiger partial charge in [-0.15, -0.1) is 0 Å². The third-order valence-electron chi connectivity index (χ3n) is 6.10. The van der Waals surface area contributed by atoms with Crippen LogP contribution < -0.4 is 25.4 Å². The summed E-state index contributed by atoms with van der Waals surface area (Å²) in [4.78, 5) is 29.6. The third kappa shape index (κ3) is 5.25. The quantitative estimate of drug-likeness (QED) is 0.428. The number of aromatic nitrogens is 2. The van der Waals surface area contributed by atoms with Gasteiger partial charge in [-0.3, -0.25) is 9.59 Å². The molecule has 1 N–H and O–H groups in total. The smallest absolute Gasteiger partial charge is 0.291 e. The number of methoxy groups -OCH3 is 1. The zero-order chi connectivity index (χ0) is 24.9. The average Bonchev–Trinajstić information content (AvgIpc) is 3.39. The molecule has 9 nitrogen and oxygen atoms in total. The molecule has 2 aromatic heterocycles. The number of carbonyl (C=O) groups excluding carboxylic acids is 1. The molecule has 1 aliphatic heterocycles. The zero-order valence-electron chi connectivity index (χ0n) is 20.0. The number of para-hydroxylation sites is 1. The van der Waals surface area contributed by atoms with Crippen molar-refractivity contribution in [2.45, 2.75) is 6.54 Å². The fourth-order valence-corrected chi connectivity index (χ4v) is 4.18. The molecule has 5 rings (SSSR count). The standard InChI is InChI=1S/C27H27N5O4/c1-35-22-9-5-6-20(18-22)28-27(34)24-11-10-23(36-24)19-32-26(33)13-12-25(29-32)31-16-14-30(15-17-31)21-7-3-2-4-8-21/h2-13,18H,14-17,19H2,1H3,(H,28,34). The lowest BCUT2D eigenvalue weighted by Gasteiger charge is -2.36. The summed E-state index contributed by atoms with van der Waals surface area (Å²) in [6, 6.07) is 23.9. The van der Waals surface area contributed by atoms with Gasteiger partial charge in [-0.2, -0.15) is 5.10 Å². The van der Waals surface area contributed by atoms with E-state index in [2.05, 4.69) is 32.3 Å². The Morgan fingerprint density at radius 3 is 2.50 bits per heavy atom. The molecule has 1 fully saturated rings. The van der Waals surface area contributed by atoms with E-state index < -0.39 is 0 Å². The first-order valence-electron chi connectivity index (χ1n) is 11.8. The minimum atomic E-state index is -0.389. The van der Waals surface area contributed by atoms with E-state index in [0.717, 1.165) is 32.0 Å². The SMILES string of the molecule is COc1cccc(NC(=O)c2ccc(Cn3nc(N4CCN(c5ccccc5)CC4)ccc3=O)o2)c1. The monoisotopic (exact) mass is 485 g/mol. The van der Waals surface area contributed by atoms with Gasteiger partial charge in [0.25, 0.3) is 11.5 Å². The number of nitrogens with zero attached hydrogens (tertiary/aromatic N) is 4. The molecule has 9 heteroatoms. The van der Waals surface area contributed by atoms with Crippen LogP contribution >= 0.6 is 0 Å². The van der Waals surface area contributed by atoms with E-state index in [1.54, 1.807) is 49.6 Å². The summed E-state index contributed by atoms with van der Waals surface area (Å²) in [5, 5.41) is 7.35. The van der Waals surface area contributed by atoms with Gasteiger partial charge in [-0.1, -0.05) is 24.3 Å². The molecule has 0 unspecified atom stereocenters. The number of rotatable bonds is 7. The van der Waals surface area contributed by atoms with Gasteiger partial charge in [0, 0.05) is 49.7 Å². The molecule has 1 amide bonds. The van der Waals surface area contributed by atoms with E-state index in [0.29, 0.717) is 17.2 Å². The topological polar surface area (TPSA) is 92.8 Å². The van der Waals surface area contributed by atoms with Crippen LogP contribution in [0.3, 0.4) is 0 Å². The number of anilines is 3. The Kier molecular flexibility index (Phi) is 6.70. The van der Waals surface area contributed by atoms with Gasteiger partial charge in [0.05, 0.1) is 7.11 Å². The van der Waals surface area contributed by atoms with E-state index >= 15 is 0 Å². The van der Waals surface area contributed by atoms with Gasteiger partial charge >= 0.3 is 0 Å². The minimum Gasteiger partial charge on any atom is -0.497 e. The Hall–Kier alpha value is -4.53. The van der Waals surface area contributed by atoms with Crippen molar-refractivity contribution in [2.24, 2.45) is 0 Å². The van der Waals surface area contributed by atoms with E-state index in [1.807, 2.05) is 18.2 Å². The first kappa shape index (κ1) is 23.2. The Labute approximate surface area is 208 Å². The highest BCUT2D eigenvalue weighted by molar-refractivity contribution is 6.02. The molecule has 0 spiro atoms. The van der Waals surface area contributed by atoms with Crippen molar-refractivity contribution in [2.75, 3.05) is 48.4 Å². The second-order valence-electron chi connectivity index (χ2n) is 8.45. The van der Waals surface area contributed by atoms with E-state index in [-0.39, 0.29) is 23.8 Å². The predicted octanol–water partition coefficient (Wildman–Crippen LogP) is 3.47. The molecular weight excluding hydrogens is 458 g/mol. The fourth-order valence-electron chi connectivity index (χ4n) is 4.18. The maximum atomic E-state index is 12.6. The molecule has 36 heavy (non-hydrogen) atoms. The first-order chi connectivity index (χ1) is 17.6. The summed E-state index contributed by atoms with van der Waals surface area (Å²) < 4.78 is 12.3. The lowest BCUT2D eigenvalue weighted by Crippen LogP contribution is -2.47. The van der Waals surface area contributed by atoms with Crippen molar-refractivity contribution >= 4 is 23.1 Å². The molecule has 3 heterocycles. The summed E-state index contributed by atoms with van der Waals surface area (Å²) in [7, 11) is 1.56. The molecule has 4 aromatic rings. The highest BCUT2D eigenvalue weighted by atomic mass is 16.5. The average molecular weight is 486 g/mol. The van der Waals surface area contributed by atoms with Crippen LogP contribution in [0.4, 0.5) is 17.2 Å². The summed E-state index contributed by atoms with van der Waals surface area (Å²) >= 11 is 0. The van der Waals surface area contributed by atoms with Gasteiger partial charge in [0.1, 0.15) is 23.9 Å². The number of piperazine rings is 1. The van der Waals surface area contributed by atoms with Crippen LogP contribution in [0.1, 0.15) is 16.3 Å². The van der Waals surface area contributed by atoms with E-state index in [1.165, 1.54) is 16.4 Å². The first-order valence-corrected chi connectivity index (χ1v) is 11.8. The van der Waals surface area contributed by atoms with Gasteiger partial charge in [0.15, 0.2) is 5.76 Å². The number of furan rings is 1. The van der Waals surface area contributed by atoms with Crippen molar-refractivity contribution in [1.29, 1.82) is 0 Å². The zero-order valence-corrected chi connectivity index (χ0v) is 20.0. The number of benzene rings is 2. The normalized spacial score (nSPS) is 13.5. The fraction of sp³-hybridized carbons (Fsp3) is 0.222. The van der Waals surface area contributed by atoms with Crippen molar-refractivity contribution in [3.8, 4) is 5.75 Å². The number of hydrogen-bond donors (Lipinski definition) is 1. The third-order valence-corrected chi connectivity index (χ3v) is 6.10. The molecular formula is C27H27N5O4. The highest BCUT2D eigenvalue weighted by Crippen LogP contribution is 2.20. The van der Waals surface area contributed by atoms with Gasteiger partial charge < -0.3 is 24.3 Å². The molecule has 0 radical (unpaired) electrons. The number of amides is 1. The van der Waals surface area contributed by atoms with Crippen LogP contribution in [0.25, 0.3) is 0 Å². The van der Waals surface area contributed by atoms with Crippen molar-refractivity contribution in [3.63, 3.8) is 0 Å². The second-order valence-corrected chi connectivity index (χ2v) is 8.45. The summed E-state index contributed by atoms with van der Waals surface area (Å²) in [6.45, 7) is 3.47. The Balaban J connectivity index is 1.24.